The summed E-state index contributed by atoms with van der Waals surface area (Å²) in [6, 6.07) is 11.7. The molecule has 2 aliphatic rings. The Morgan fingerprint density at radius 2 is 1.81 bits per heavy atom. The molecule has 2 heterocycles. The molecule has 31 heavy (non-hydrogen) atoms. The molecule has 0 aliphatic carbocycles. The highest BCUT2D eigenvalue weighted by Crippen LogP contribution is 2.31. The van der Waals surface area contributed by atoms with Crippen molar-refractivity contribution in [3.8, 4) is 17.2 Å². The largest absolute Gasteiger partial charge is 0.496 e. The van der Waals surface area contributed by atoms with Gasteiger partial charge in [0.2, 0.25) is 5.91 Å². The second-order valence-electron chi connectivity index (χ2n) is 7.94. The van der Waals surface area contributed by atoms with Gasteiger partial charge in [0.15, 0.2) is 11.5 Å². The second-order valence-corrected chi connectivity index (χ2v) is 8.38. The standard InChI is InChI=1S/C24H29ClN2O4/c1-29-21-7-5-20(25)16-19(21)17-26-9-11-27(12-10-26)24(28)8-4-18-3-6-22-23(15-18)31-14-2-13-30-22/h3,5-7,15-16H,2,4,8-14,17H2,1H3. The third kappa shape index (κ3) is 5.63. The Balaban J connectivity index is 1.26. The zero-order valence-electron chi connectivity index (χ0n) is 17.9. The van der Waals surface area contributed by atoms with Crippen LogP contribution < -0.4 is 14.2 Å². The van der Waals surface area contributed by atoms with E-state index in [0.29, 0.717) is 31.1 Å². The van der Waals surface area contributed by atoms with E-state index in [-0.39, 0.29) is 5.91 Å². The number of nitrogens with zero attached hydrogens (tertiary/aromatic N) is 2. The van der Waals surface area contributed by atoms with Crippen molar-refractivity contribution in [3.05, 3.63) is 52.5 Å². The average molecular weight is 445 g/mol. The van der Waals surface area contributed by atoms with Crippen molar-refractivity contribution in [1.29, 1.82) is 0 Å². The molecule has 7 heteroatoms. The first-order valence-corrected chi connectivity index (χ1v) is 11.2. The number of ether oxygens (including phenoxy) is 3. The molecule has 0 atom stereocenters. The fraction of sp³-hybridized carbons (Fsp3) is 0.458. The van der Waals surface area contributed by atoms with Gasteiger partial charge < -0.3 is 19.1 Å². The van der Waals surface area contributed by atoms with Crippen LogP contribution in [0.2, 0.25) is 5.02 Å². The SMILES string of the molecule is COc1ccc(Cl)cc1CN1CCN(C(=O)CCc2ccc3c(c2)OCCCO3)CC1. The van der Waals surface area contributed by atoms with Gasteiger partial charge in [0.25, 0.3) is 0 Å². The lowest BCUT2D eigenvalue weighted by molar-refractivity contribution is -0.133. The number of methoxy groups -OCH3 is 1. The molecule has 0 radical (unpaired) electrons. The van der Waals surface area contributed by atoms with Gasteiger partial charge >= 0.3 is 0 Å². The van der Waals surface area contributed by atoms with Gasteiger partial charge in [0.05, 0.1) is 20.3 Å². The van der Waals surface area contributed by atoms with Crippen molar-refractivity contribution in [2.45, 2.75) is 25.8 Å². The predicted octanol–water partition coefficient (Wildman–Crippen LogP) is 3.79. The molecule has 0 saturated carbocycles. The predicted molar refractivity (Wildman–Crippen MR) is 120 cm³/mol. The number of amides is 1. The summed E-state index contributed by atoms with van der Waals surface area (Å²) in [7, 11) is 1.67. The van der Waals surface area contributed by atoms with E-state index >= 15 is 0 Å². The Labute approximate surface area is 188 Å². The van der Waals surface area contributed by atoms with Crippen LogP contribution in [-0.4, -0.2) is 62.2 Å². The highest BCUT2D eigenvalue weighted by Gasteiger charge is 2.22. The Bertz CT molecular complexity index is 912. The summed E-state index contributed by atoms with van der Waals surface area (Å²) >= 11 is 6.15. The second kappa shape index (κ2) is 10.2. The van der Waals surface area contributed by atoms with Crippen LogP contribution in [0.3, 0.4) is 0 Å². The van der Waals surface area contributed by atoms with E-state index in [9.17, 15) is 4.79 Å². The maximum absolute atomic E-state index is 12.7. The van der Waals surface area contributed by atoms with E-state index in [1.807, 2.05) is 41.3 Å². The van der Waals surface area contributed by atoms with Crippen LogP contribution in [-0.2, 0) is 17.8 Å². The zero-order chi connectivity index (χ0) is 21.6. The van der Waals surface area contributed by atoms with Crippen molar-refractivity contribution in [1.82, 2.24) is 9.80 Å². The molecule has 6 nitrogen and oxygen atoms in total. The van der Waals surface area contributed by atoms with E-state index < -0.39 is 0 Å². The first-order valence-electron chi connectivity index (χ1n) is 10.8. The molecule has 0 spiro atoms. The van der Waals surface area contributed by atoms with Crippen LogP contribution in [0.1, 0.15) is 24.0 Å². The number of rotatable bonds is 6. The molecule has 166 valence electrons. The van der Waals surface area contributed by atoms with Crippen molar-refractivity contribution < 1.29 is 19.0 Å². The van der Waals surface area contributed by atoms with E-state index in [0.717, 1.165) is 67.5 Å². The molecule has 1 amide bonds. The minimum Gasteiger partial charge on any atom is -0.496 e. The molecule has 0 unspecified atom stereocenters. The number of aryl methyl sites for hydroxylation is 1. The summed E-state index contributed by atoms with van der Waals surface area (Å²) < 4.78 is 16.9. The highest BCUT2D eigenvalue weighted by molar-refractivity contribution is 6.30. The zero-order valence-corrected chi connectivity index (χ0v) is 18.7. The first kappa shape index (κ1) is 21.8. The maximum atomic E-state index is 12.7. The third-order valence-electron chi connectivity index (χ3n) is 5.80. The molecule has 0 aromatic heterocycles. The summed E-state index contributed by atoms with van der Waals surface area (Å²) in [4.78, 5) is 17.0. The quantitative estimate of drug-likeness (QED) is 0.678. The summed E-state index contributed by atoms with van der Waals surface area (Å²) in [5.41, 5.74) is 2.17. The van der Waals surface area contributed by atoms with Crippen LogP contribution in [0.4, 0.5) is 0 Å². The molecule has 2 aliphatic heterocycles. The van der Waals surface area contributed by atoms with Gasteiger partial charge in [-0.25, -0.2) is 0 Å². The van der Waals surface area contributed by atoms with Crippen molar-refractivity contribution in [3.63, 3.8) is 0 Å². The topological polar surface area (TPSA) is 51.2 Å². The maximum Gasteiger partial charge on any atom is 0.222 e. The normalized spacial score (nSPS) is 16.6. The van der Waals surface area contributed by atoms with E-state index in [4.69, 9.17) is 25.8 Å². The molecule has 0 N–H and O–H groups in total. The Morgan fingerprint density at radius 1 is 1.03 bits per heavy atom. The lowest BCUT2D eigenvalue weighted by atomic mass is 10.1. The monoisotopic (exact) mass is 444 g/mol. The van der Waals surface area contributed by atoms with E-state index in [2.05, 4.69) is 4.90 Å². The van der Waals surface area contributed by atoms with E-state index in [1.165, 1.54) is 0 Å². The Morgan fingerprint density at radius 3 is 2.58 bits per heavy atom. The fourth-order valence-corrected chi connectivity index (χ4v) is 4.23. The number of hydrogen-bond acceptors (Lipinski definition) is 5. The van der Waals surface area contributed by atoms with Crippen LogP contribution in [0.25, 0.3) is 0 Å². The molecular formula is C24H29ClN2O4. The lowest BCUT2D eigenvalue weighted by Gasteiger charge is -2.35. The molecule has 2 aromatic carbocycles. The van der Waals surface area contributed by atoms with Gasteiger partial charge in [-0.2, -0.15) is 0 Å². The molecule has 1 saturated heterocycles. The minimum atomic E-state index is 0.201. The van der Waals surface area contributed by atoms with Crippen LogP contribution in [0.5, 0.6) is 17.2 Å². The van der Waals surface area contributed by atoms with Crippen molar-refractivity contribution in [2.75, 3.05) is 46.5 Å². The number of benzene rings is 2. The number of piperazine rings is 1. The Kier molecular flexibility index (Phi) is 7.20. The molecule has 0 bridgehead atoms. The average Bonchev–Trinajstić information content (AvgIpc) is 3.03. The first-order chi connectivity index (χ1) is 15.1. The molecule has 2 aromatic rings. The van der Waals surface area contributed by atoms with E-state index in [1.54, 1.807) is 7.11 Å². The highest BCUT2D eigenvalue weighted by atomic mass is 35.5. The molecule has 4 rings (SSSR count). The van der Waals surface area contributed by atoms with Gasteiger partial charge in [0.1, 0.15) is 5.75 Å². The minimum absolute atomic E-state index is 0.201. The van der Waals surface area contributed by atoms with Gasteiger partial charge in [-0.3, -0.25) is 9.69 Å². The smallest absolute Gasteiger partial charge is 0.222 e. The van der Waals surface area contributed by atoms with Gasteiger partial charge in [-0.15, -0.1) is 0 Å². The van der Waals surface area contributed by atoms with Gasteiger partial charge in [-0.05, 0) is 42.3 Å². The number of carbonyl (C=O) groups excluding carboxylic acids is 1. The summed E-state index contributed by atoms with van der Waals surface area (Å²) in [6.45, 7) is 5.27. The van der Waals surface area contributed by atoms with Crippen molar-refractivity contribution >= 4 is 17.5 Å². The third-order valence-corrected chi connectivity index (χ3v) is 6.04. The van der Waals surface area contributed by atoms with Gasteiger partial charge in [0, 0.05) is 56.2 Å². The number of fused-ring (bicyclic) bond motifs is 1. The molecular weight excluding hydrogens is 416 g/mol. The van der Waals surface area contributed by atoms with Crippen LogP contribution in [0, 0.1) is 0 Å². The fourth-order valence-electron chi connectivity index (χ4n) is 4.04. The van der Waals surface area contributed by atoms with Crippen LogP contribution in [0.15, 0.2) is 36.4 Å². The summed E-state index contributed by atoms with van der Waals surface area (Å²) in [6.07, 6.45) is 2.09. The Hall–Kier alpha value is -2.44. The number of carbonyl (C=O) groups is 1. The molecule has 1 fully saturated rings. The summed E-state index contributed by atoms with van der Waals surface area (Å²) in [5.74, 6) is 2.62. The lowest BCUT2D eigenvalue weighted by Crippen LogP contribution is -2.48. The number of halogens is 1. The van der Waals surface area contributed by atoms with Crippen LogP contribution >= 0.6 is 11.6 Å². The number of hydrogen-bond donors (Lipinski definition) is 0. The van der Waals surface area contributed by atoms with Crippen molar-refractivity contribution in [2.24, 2.45) is 0 Å². The summed E-state index contributed by atoms with van der Waals surface area (Å²) in [5, 5.41) is 0.708. The van der Waals surface area contributed by atoms with Gasteiger partial charge in [-0.1, -0.05) is 17.7 Å².